The topological polar surface area (TPSA) is 52.6 Å². The Morgan fingerprint density at radius 1 is 1.04 bits per heavy atom. The fraction of sp³-hybridized carbons (Fsp3) is 0.316. The van der Waals surface area contributed by atoms with Gasteiger partial charge in [-0.3, -0.25) is 9.00 Å². The second-order valence-corrected chi connectivity index (χ2v) is 6.97. The first-order chi connectivity index (χ1) is 11.5. The monoisotopic (exact) mass is 346 g/mol. The largest absolute Gasteiger partial charge is 0.497 e. The van der Waals surface area contributed by atoms with Crippen molar-refractivity contribution in [2.75, 3.05) is 20.0 Å². The molecule has 0 fully saturated rings. The number of hydrogen-bond donors (Lipinski definition) is 0. The van der Waals surface area contributed by atoms with Crippen molar-refractivity contribution in [3.8, 4) is 11.5 Å². The molecule has 0 aliphatic heterocycles. The van der Waals surface area contributed by atoms with E-state index >= 15 is 0 Å². The molecule has 0 saturated carbocycles. The van der Waals surface area contributed by atoms with Crippen molar-refractivity contribution in [3.05, 3.63) is 53.6 Å². The lowest BCUT2D eigenvalue weighted by Gasteiger charge is -2.10. The molecule has 0 aliphatic rings. The van der Waals surface area contributed by atoms with E-state index in [1.807, 2.05) is 49.4 Å². The van der Waals surface area contributed by atoms with Crippen LogP contribution in [0.5, 0.6) is 11.5 Å². The standard InChI is InChI=1S/C19H22O4S/c1-14-4-9-18(10-5-14)24(21)13-16(20)7-6-15-12-17(22-2)8-11-19(15)23-3/h4-5,8-12H,6-7,13H2,1-3H3. The van der Waals surface area contributed by atoms with E-state index in [4.69, 9.17) is 9.47 Å². The van der Waals surface area contributed by atoms with Gasteiger partial charge >= 0.3 is 0 Å². The van der Waals surface area contributed by atoms with Crippen LogP contribution in [0.1, 0.15) is 17.5 Å². The van der Waals surface area contributed by atoms with Crippen LogP contribution >= 0.6 is 0 Å². The number of hydrogen-bond acceptors (Lipinski definition) is 4. The van der Waals surface area contributed by atoms with Gasteiger partial charge in [0.15, 0.2) is 0 Å². The second kappa shape index (κ2) is 8.64. The molecule has 0 heterocycles. The van der Waals surface area contributed by atoms with Gasteiger partial charge in [0.1, 0.15) is 17.3 Å². The number of ketones is 1. The Bertz CT molecular complexity index is 723. The van der Waals surface area contributed by atoms with E-state index in [0.717, 1.165) is 22.6 Å². The maximum Gasteiger partial charge on any atom is 0.146 e. The summed E-state index contributed by atoms with van der Waals surface area (Å²) in [6.45, 7) is 1.97. The summed E-state index contributed by atoms with van der Waals surface area (Å²) >= 11 is 0. The quantitative estimate of drug-likeness (QED) is 0.736. The van der Waals surface area contributed by atoms with E-state index < -0.39 is 10.8 Å². The zero-order valence-corrected chi connectivity index (χ0v) is 15.0. The average molecular weight is 346 g/mol. The van der Waals surface area contributed by atoms with Gasteiger partial charge in [0.05, 0.1) is 30.8 Å². The number of carbonyl (C=O) groups excluding carboxylic acids is 1. The average Bonchev–Trinajstić information content (AvgIpc) is 2.60. The lowest BCUT2D eigenvalue weighted by Crippen LogP contribution is -2.12. The minimum Gasteiger partial charge on any atom is -0.497 e. The van der Waals surface area contributed by atoms with Crippen molar-refractivity contribution in [1.82, 2.24) is 0 Å². The van der Waals surface area contributed by atoms with E-state index in [9.17, 15) is 9.00 Å². The molecule has 0 spiro atoms. The van der Waals surface area contributed by atoms with Crippen molar-refractivity contribution < 1.29 is 18.5 Å². The van der Waals surface area contributed by atoms with E-state index in [2.05, 4.69) is 0 Å². The van der Waals surface area contributed by atoms with Crippen LogP contribution in [-0.2, 0) is 22.0 Å². The molecule has 0 aliphatic carbocycles. The smallest absolute Gasteiger partial charge is 0.146 e. The first kappa shape index (κ1) is 18.2. The molecule has 2 aromatic carbocycles. The summed E-state index contributed by atoms with van der Waals surface area (Å²) in [6, 6.07) is 12.9. The Morgan fingerprint density at radius 3 is 2.38 bits per heavy atom. The molecule has 0 amide bonds. The third kappa shape index (κ3) is 4.93. The molecule has 0 radical (unpaired) electrons. The van der Waals surface area contributed by atoms with Crippen LogP contribution in [0.4, 0.5) is 0 Å². The fourth-order valence-electron chi connectivity index (χ4n) is 2.34. The number of ether oxygens (including phenoxy) is 2. The summed E-state index contributed by atoms with van der Waals surface area (Å²) in [6.07, 6.45) is 0.853. The molecule has 2 aromatic rings. The number of Topliss-reactive ketones (excluding diaryl/α,β-unsaturated/α-hetero) is 1. The highest BCUT2D eigenvalue weighted by atomic mass is 32.2. The molecule has 1 unspecified atom stereocenters. The van der Waals surface area contributed by atoms with Gasteiger partial charge in [0, 0.05) is 11.3 Å². The second-order valence-electron chi connectivity index (χ2n) is 5.52. The number of benzene rings is 2. The summed E-state index contributed by atoms with van der Waals surface area (Å²) in [5.41, 5.74) is 2.01. The Morgan fingerprint density at radius 2 is 1.75 bits per heavy atom. The zero-order valence-electron chi connectivity index (χ0n) is 14.2. The van der Waals surface area contributed by atoms with Gasteiger partial charge in [0.2, 0.25) is 0 Å². The summed E-state index contributed by atoms with van der Waals surface area (Å²) in [5.74, 6) is 1.46. The molecule has 0 aromatic heterocycles. The molecule has 128 valence electrons. The van der Waals surface area contributed by atoms with Gasteiger partial charge in [-0.25, -0.2) is 0 Å². The van der Waals surface area contributed by atoms with Gasteiger partial charge in [-0.15, -0.1) is 0 Å². The molecule has 0 bridgehead atoms. The molecule has 1 atom stereocenters. The highest BCUT2D eigenvalue weighted by Crippen LogP contribution is 2.25. The molecular formula is C19H22O4S. The van der Waals surface area contributed by atoms with E-state index in [1.54, 1.807) is 14.2 Å². The molecular weight excluding hydrogens is 324 g/mol. The highest BCUT2D eigenvalue weighted by molar-refractivity contribution is 7.85. The lowest BCUT2D eigenvalue weighted by atomic mass is 10.1. The van der Waals surface area contributed by atoms with Crippen molar-refractivity contribution >= 4 is 16.6 Å². The van der Waals surface area contributed by atoms with E-state index in [1.165, 1.54) is 0 Å². The summed E-state index contributed by atoms with van der Waals surface area (Å²) < 4.78 is 22.8. The van der Waals surface area contributed by atoms with Crippen LogP contribution < -0.4 is 9.47 Å². The summed E-state index contributed by atoms with van der Waals surface area (Å²) in [7, 11) is 1.90. The Kier molecular flexibility index (Phi) is 6.55. The van der Waals surface area contributed by atoms with Gasteiger partial charge in [-0.05, 0) is 49.2 Å². The predicted octanol–water partition coefficient (Wildman–Crippen LogP) is 3.32. The first-order valence-electron chi connectivity index (χ1n) is 7.71. The number of carbonyl (C=O) groups is 1. The molecule has 2 rings (SSSR count). The third-order valence-electron chi connectivity index (χ3n) is 3.74. The van der Waals surface area contributed by atoms with Crippen molar-refractivity contribution in [3.63, 3.8) is 0 Å². The van der Waals surface area contributed by atoms with Gasteiger partial charge < -0.3 is 9.47 Å². The molecule has 0 N–H and O–H groups in total. The normalized spacial score (nSPS) is 11.8. The molecule has 4 nitrogen and oxygen atoms in total. The Balaban J connectivity index is 1.95. The summed E-state index contributed by atoms with van der Waals surface area (Å²) in [5, 5.41) is 0. The SMILES string of the molecule is COc1ccc(OC)c(CCC(=O)CS(=O)c2ccc(C)cc2)c1. The van der Waals surface area contributed by atoms with E-state index in [-0.39, 0.29) is 11.5 Å². The number of methoxy groups -OCH3 is 2. The lowest BCUT2D eigenvalue weighted by molar-refractivity contribution is -0.116. The molecule has 24 heavy (non-hydrogen) atoms. The third-order valence-corrected chi connectivity index (χ3v) is 5.12. The van der Waals surface area contributed by atoms with Crippen LogP contribution in [0.15, 0.2) is 47.4 Å². The Hall–Kier alpha value is -2.14. The van der Waals surface area contributed by atoms with Crippen LogP contribution in [0, 0.1) is 6.92 Å². The van der Waals surface area contributed by atoms with Gasteiger partial charge in [-0.2, -0.15) is 0 Å². The highest BCUT2D eigenvalue weighted by Gasteiger charge is 2.12. The van der Waals surface area contributed by atoms with Crippen molar-refractivity contribution in [2.45, 2.75) is 24.7 Å². The molecule has 5 heteroatoms. The van der Waals surface area contributed by atoms with Crippen LogP contribution in [0.2, 0.25) is 0 Å². The van der Waals surface area contributed by atoms with Gasteiger partial charge in [-0.1, -0.05) is 17.7 Å². The fourth-order valence-corrected chi connectivity index (χ4v) is 3.39. The maximum atomic E-state index is 12.2. The Labute approximate surface area is 145 Å². The summed E-state index contributed by atoms with van der Waals surface area (Å²) in [4.78, 5) is 12.8. The van der Waals surface area contributed by atoms with Crippen LogP contribution in [0.3, 0.4) is 0 Å². The van der Waals surface area contributed by atoms with Gasteiger partial charge in [0.25, 0.3) is 0 Å². The zero-order chi connectivity index (χ0) is 17.5. The maximum absolute atomic E-state index is 12.2. The molecule has 0 saturated heterocycles. The number of rotatable bonds is 8. The van der Waals surface area contributed by atoms with Crippen molar-refractivity contribution in [2.24, 2.45) is 0 Å². The minimum atomic E-state index is -1.30. The number of aryl methyl sites for hydroxylation is 2. The van der Waals surface area contributed by atoms with Crippen LogP contribution in [0.25, 0.3) is 0 Å². The van der Waals surface area contributed by atoms with Crippen LogP contribution in [-0.4, -0.2) is 30.0 Å². The van der Waals surface area contributed by atoms with E-state index in [0.29, 0.717) is 17.7 Å². The first-order valence-corrected chi connectivity index (χ1v) is 9.03. The minimum absolute atomic E-state index is 0.0289. The van der Waals surface area contributed by atoms with Crippen molar-refractivity contribution in [1.29, 1.82) is 0 Å². The predicted molar refractivity (Wildman–Crippen MR) is 95.3 cm³/mol.